The van der Waals surface area contributed by atoms with Gasteiger partial charge in [-0.25, -0.2) is 43.1 Å². The van der Waals surface area contributed by atoms with Gasteiger partial charge in [-0.15, -0.1) is 0 Å². The highest BCUT2D eigenvalue weighted by atomic mass is 35.5. The number of rotatable bonds is 29. The van der Waals surface area contributed by atoms with Crippen LogP contribution in [0.1, 0.15) is 78.4 Å². The highest BCUT2D eigenvalue weighted by Crippen LogP contribution is 2.40. The van der Waals surface area contributed by atoms with E-state index in [9.17, 15) is 33.2 Å². The Kier molecular flexibility index (Phi) is 23.9. The number of halogens is 5. The molecule has 29 heteroatoms. The predicted molar refractivity (Wildman–Crippen MR) is 345 cm³/mol. The van der Waals surface area contributed by atoms with E-state index in [4.69, 9.17) is 42.1 Å². The van der Waals surface area contributed by atoms with Crippen LogP contribution in [0.3, 0.4) is 0 Å². The first-order valence-corrected chi connectivity index (χ1v) is 31.1. The summed E-state index contributed by atoms with van der Waals surface area (Å²) in [6.07, 6.45) is 4.20. The van der Waals surface area contributed by atoms with Crippen molar-refractivity contribution in [1.29, 1.82) is 0 Å². The van der Waals surface area contributed by atoms with Crippen molar-refractivity contribution in [3.05, 3.63) is 106 Å². The van der Waals surface area contributed by atoms with Crippen molar-refractivity contribution in [3.63, 3.8) is 0 Å². The van der Waals surface area contributed by atoms with Crippen LogP contribution < -0.4 is 52.0 Å². The molecule has 2 aliphatic heterocycles. The lowest BCUT2D eigenvalue weighted by atomic mass is 9.77. The molecule has 0 unspecified atom stereocenters. The smallest absolute Gasteiger partial charge is 0.249 e. The van der Waals surface area contributed by atoms with Gasteiger partial charge in [0.15, 0.2) is 11.6 Å². The first-order chi connectivity index (χ1) is 44.3. The number of hydrazine groups is 1. The molecule has 0 aliphatic carbocycles. The van der Waals surface area contributed by atoms with Crippen molar-refractivity contribution in [2.24, 2.45) is 10.8 Å². The summed E-state index contributed by atoms with van der Waals surface area (Å²) in [6, 6.07) is 7.28. The number of aromatic nitrogens is 4. The fourth-order valence-electron chi connectivity index (χ4n) is 11.4. The Morgan fingerprint density at radius 1 is 0.602 bits per heavy atom. The van der Waals surface area contributed by atoms with Gasteiger partial charge >= 0.3 is 0 Å². The number of hydrogen-bond acceptors (Lipinski definition) is 20. The van der Waals surface area contributed by atoms with E-state index in [1.807, 2.05) is 0 Å². The van der Waals surface area contributed by atoms with Gasteiger partial charge in [-0.2, -0.15) is 0 Å². The van der Waals surface area contributed by atoms with Crippen LogP contribution in [-0.4, -0.2) is 169 Å². The molecule has 500 valence electrons. The molecule has 24 nitrogen and oxygen atoms in total. The number of benzene rings is 4. The Bertz CT molecular complexity index is 3740. The lowest BCUT2D eigenvalue weighted by molar-refractivity contribution is -0.148. The Hall–Kier alpha value is -7.89. The number of anilines is 4. The summed E-state index contributed by atoms with van der Waals surface area (Å²) in [5.41, 5.74) is -0.644. The van der Waals surface area contributed by atoms with E-state index in [1.165, 1.54) is 45.1 Å². The van der Waals surface area contributed by atoms with Gasteiger partial charge in [0.1, 0.15) is 84.0 Å². The monoisotopic (exact) mass is 1330 g/mol. The van der Waals surface area contributed by atoms with Crippen molar-refractivity contribution >= 4 is 103 Å². The molecule has 2 saturated heterocycles. The van der Waals surface area contributed by atoms with E-state index < -0.39 is 105 Å². The molecule has 8 rings (SSSR count). The maximum atomic E-state index is 15.2. The molecule has 4 heterocycles. The van der Waals surface area contributed by atoms with Gasteiger partial charge in [0, 0.05) is 50.2 Å². The van der Waals surface area contributed by atoms with Gasteiger partial charge in [-0.1, -0.05) is 57.0 Å². The Labute approximate surface area is 546 Å². The first-order valence-electron chi connectivity index (χ1n) is 30.4. The first kappa shape index (κ1) is 71.0. The quantitative estimate of drug-likeness (QED) is 0.0173. The number of amides is 6. The second-order valence-corrected chi connectivity index (χ2v) is 25.0. The molecule has 4 aromatic carbocycles. The zero-order valence-electron chi connectivity index (χ0n) is 53.5. The number of carbonyl (C=O) groups is 6. The highest BCUT2D eigenvalue weighted by molar-refractivity contribution is 6.31. The Morgan fingerprint density at radius 2 is 1.04 bits per heavy atom. The SMILES string of the molecule is CN[C@@H](C)C(=O)N[C@H](C(=O)NC(=O)[C@@H]1CCCN1N1CCC[C@H]1C(=O)NC(=O)[C@@H](NC(=O)[C@H](C)NC)C(C)(C)Cc1cc2c(Nc3ccc(F)c(Cl)c3F)ncnc2cc1OCCOC)C(C)(C)Cc1cc2c(Nc3cccc(Cl)c3F)ncnc2cc1OCCOC. The number of nitrogens with zero attached hydrogens (tertiary/aromatic N) is 6. The molecular weight excluding hydrogens is 1250 g/mol. The van der Waals surface area contributed by atoms with E-state index in [2.05, 4.69) is 62.5 Å². The molecule has 6 atom stereocenters. The van der Waals surface area contributed by atoms with E-state index in [-0.39, 0.29) is 80.1 Å². The van der Waals surface area contributed by atoms with Crippen LogP contribution in [0.25, 0.3) is 21.8 Å². The van der Waals surface area contributed by atoms with E-state index in [0.717, 1.165) is 6.07 Å². The van der Waals surface area contributed by atoms with Gasteiger partial charge in [0.25, 0.3) is 0 Å². The third kappa shape index (κ3) is 16.9. The van der Waals surface area contributed by atoms with Crippen molar-refractivity contribution in [1.82, 2.24) is 61.9 Å². The Morgan fingerprint density at radius 3 is 1.47 bits per heavy atom. The molecule has 2 aromatic heterocycles. The largest absolute Gasteiger partial charge is 0.491 e. The summed E-state index contributed by atoms with van der Waals surface area (Å²) in [5.74, 6) is -5.68. The number of ether oxygens (including phenoxy) is 4. The molecule has 2 fully saturated rings. The fraction of sp³-hybridized carbons (Fsp3) is 0.469. The minimum Gasteiger partial charge on any atom is -0.491 e. The van der Waals surface area contributed by atoms with Crippen LogP contribution in [0.15, 0.2) is 67.3 Å². The minimum atomic E-state index is -1.38. The van der Waals surface area contributed by atoms with E-state index in [1.54, 1.807) is 96.0 Å². The Balaban J connectivity index is 1.03. The maximum absolute atomic E-state index is 15.2. The average molecular weight is 1330 g/mol. The summed E-state index contributed by atoms with van der Waals surface area (Å²) in [5, 5.41) is 26.1. The molecule has 6 amide bonds. The fourth-order valence-corrected chi connectivity index (χ4v) is 11.7. The standard InChI is InChI=1S/C64H79Cl2F3N14O10/c1-34(70-7)57(84)78-53(63(3,4)30-36-26-38-44(28-48(36)92-24-22-90-9)72-32-74-55(38)76-42-15-11-14-40(65)51(42)68)61(88)80-59(86)46-16-12-20-82(46)83-21-13-17-47(83)60(87)81-62(89)54(79-58(85)35(2)71-8)64(5,6)31-37-27-39-45(29-49(37)93-25-23-91-10)73-33-75-56(39)77-43-19-18-41(67)50(66)52(43)69/h11,14-15,18-19,26-29,32-35,46-47,53-54,70-71H,12-13,16-17,20-25,30-31H2,1-10H3,(H,78,84)(H,79,85)(H,72,74,76)(H,73,75,77)(H,80,86,88)(H,81,87,89)/t34-,35-,46-,47-,53+,54+/m0/s1. The van der Waals surface area contributed by atoms with Gasteiger partial charge in [0.2, 0.25) is 35.4 Å². The summed E-state index contributed by atoms with van der Waals surface area (Å²) in [7, 11) is 6.21. The third-order valence-corrected chi connectivity index (χ3v) is 17.3. The molecule has 0 radical (unpaired) electrons. The van der Waals surface area contributed by atoms with Gasteiger partial charge in [-0.05, 0) is 125 Å². The van der Waals surface area contributed by atoms with Crippen molar-refractivity contribution in [3.8, 4) is 11.5 Å². The number of hydrogen-bond donors (Lipinski definition) is 8. The molecule has 8 N–H and O–H groups in total. The second kappa shape index (κ2) is 31.4. The normalized spacial score (nSPS) is 16.7. The molecule has 0 bridgehead atoms. The van der Waals surface area contributed by atoms with E-state index in [0.29, 0.717) is 70.4 Å². The summed E-state index contributed by atoms with van der Waals surface area (Å²) < 4.78 is 67.6. The average Bonchev–Trinajstić information content (AvgIpc) is 1.21. The van der Waals surface area contributed by atoms with Crippen LogP contribution >= 0.6 is 23.2 Å². The third-order valence-electron chi connectivity index (χ3n) is 16.7. The summed E-state index contributed by atoms with van der Waals surface area (Å²) in [4.78, 5) is 104. The van der Waals surface area contributed by atoms with Crippen LogP contribution in [0.2, 0.25) is 10.0 Å². The topological polar surface area (TPSA) is 294 Å². The van der Waals surface area contributed by atoms with Crippen molar-refractivity contribution in [2.45, 2.75) is 116 Å². The van der Waals surface area contributed by atoms with Gasteiger partial charge in [-0.3, -0.25) is 39.4 Å². The van der Waals surface area contributed by atoms with Gasteiger partial charge < -0.3 is 50.8 Å². The van der Waals surface area contributed by atoms with Crippen molar-refractivity contribution < 1.29 is 60.9 Å². The molecule has 0 spiro atoms. The highest BCUT2D eigenvalue weighted by Gasteiger charge is 2.46. The van der Waals surface area contributed by atoms with Crippen LogP contribution in [0, 0.1) is 28.3 Å². The molecule has 0 saturated carbocycles. The number of imide groups is 2. The van der Waals surface area contributed by atoms with Gasteiger partial charge in [0.05, 0.1) is 52.7 Å². The van der Waals surface area contributed by atoms with E-state index >= 15 is 8.78 Å². The predicted octanol–water partition coefficient (Wildman–Crippen LogP) is 6.99. The van der Waals surface area contributed by atoms with Crippen LogP contribution in [-0.2, 0) is 51.1 Å². The number of methoxy groups -OCH3 is 2. The van der Waals surface area contributed by atoms with Crippen molar-refractivity contribution in [2.75, 3.05) is 78.5 Å². The lowest BCUT2D eigenvalue weighted by Crippen LogP contribution is -2.62. The second-order valence-electron chi connectivity index (χ2n) is 24.2. The molecular formula is C64H79Cl2F3N14O10. The lowest BCUT2D eigenvalue weighted by Gasteiger charge is -2.38. The number of likely N-dealkylation sites (N-methyl/N-ethyl adjacent to an activating group) is 2. The van der Waals surface area contributed by atoms with Crippen LogP contribution in [0.5, 0.6) is 11.5 Å². The number of fused-ring (bicyclic) bond motifs is 2. The number of carbonyl (C=O) groups excluding carboxylic acids is 6. The molecule has 6 aromatic rings. The summed E-state index contributed by atoms with van der Waals surface area (Å²) >= 11 is 12.0. The number of nitrogens with one attached hydrogen (secondary N) is 8. The van der Waals surface area contributed by atoms with Crippen LogP contribution in [0.4, 0.5) is 36.2 Å². The maximum Gasteiger partial charge on any atom is 0.249 e. The molecule has 93 heavy (non-hydrogen) atoms. The molecule has 2 aliphatic rings. The summed E-state index contributed by atoms with van der Waals surface area (Å²) in [6.45, 7) is 11.5. The minimum absolute atomic E-state index is 0.0163. The zero-order chi connectivity index (χ0) is 67.5. The zero-order valence-corrected chi connectivity index (χ0v) is 55.0.